The van der Waals surface area contributed by atoms with E-state index >= 15 is 0 Å². The number of fused-ring (bicyclic) bond motifs is 6. The lowest BCUT2D eigenvalue weighted by Gasteiger charge is -2.38. The summed E-state index contributed by atoms with van der Waals surface area (Å²) >= 11 is 0. The van der Waals surface area contributed by atoms with Gasteiger partial charge in [0.2, 0.25) is 0 Å². The van der Waals surface area contributed by atoms with E-state index in [-0.39, 0.29) is 22.9 Å². The third-order valence-electron chi connectivity index (χ3n) is 8.51. The molecule has 0 aliphatic carbocycles. The van der Waals surface area contributed by atoms with Crippen molar-refractivity contribution in [1.29, 1.82) is 0 Å². The smallest absolute Gasteiger partial charge is 0.416 e. The maximum atomic E-state index is 13.8. The molecule has 6 nitrogen and oxygen atoms in total. The first-order valence-electron chi connectivity index (χ1n) is 15.2. The van der Waals surface area contributed by atoms with Crippen molar-refractivity contribution in [1.82, 2.24) is 0 Å². The van der Waals surface area contributed by atoms with Crippen LogP contribution in [-0.2, 0) is 12.4 Å². The number of benzene rings is 6. The molecule has 0 aromatic heterocycles. The zero-order valence-electron chi connectivity index (χ0n) is 25.3. The molecule has 3 heterocycles. The van der Waals surface area contributed by atoms with Gasteiger partial charge in [0, 0.05) is 0 Å². The monoisotopic (exact) mass is 682 g/mol. The van der Waals surface area contributed by atoms with Crippen LogP contribution in [0.2, 0.25) is 0 Å². The molecule has 248 valence electrons. The lowest BCUT2D eigenvalue weighted by molar-refractivity contribution is -0.138. The van der Waals surface area contributed by atoms with Crippen LogP contribution in [0.1, 0.15) is 11.1 Å². The first-order valence-corrected chi connectivity index (χ1v) is 15.2. The predicted molar refractivity (Wildman–Crippen MR) is 173 cm³/mol. The van der Waals surface area contributed by atoms with Crippen LogP contribution in [0.4, 0.5) is 54.8 Å². The van der Waals surface area contributed by atoms with Crippen LogP contribution in [0.5, 0.6) is 46.0 Å². The van der Waals surface area contributed by atoms with E-state index in [0.717, 1.165) is 24.3 Å². The zero-order valence-corrected chi connectivity index (χ0v) is 25.3. The van der Waals surface area contributed by atoms with Gasteiger partial charge in [0.05, 0.1) is 28.2 Å². The van der Waals surface area contributed by atoms with E-state index < -0.39 is 23.5 Å². The van der Waals surface area contributed by atoms with Crippen molar-refractivity contribution in [2.75, 3.05) is 10.2 Å². The van der Waals surface area contributed by atoms with Gasteiger partial charge >= 0.3 is 12.4 Å². The standard InChI is InChI=1S/C38H20F6N2O4/c39-37(40,41)22-9-12-24(13-10-22)47-31-15-20(16-32-35(31)45-25-5-1-3-7-28(25)48-32)21-17-33-36-34(18-21)50-30-14-11-23(38(42,43)44)19-27(30)46(36)26-6-2-4-8-29(26)49-33/h1-19,45H. The number of alkyl halides is 6. The molecular formula is C38H20F6N2O4. The van der Waals surface area contributed by atoms with Gasteiger partial charge in [0.15, 0.2) is 40.2 Å². The van der Waals surface area contributed by atoms with E-state index in [1.54, 1.807) is 59.5 Å². The van der Waals surface area contributed by atoms with Crippen molar-refractivity contribution in [3.05, 3.63) is 126 Å². The van der Waals surface area contributed by atoms with E-state index in [2.05, 4.69) is 5.32 Å². The van der Waals surface area contributed by atoms with Gasteiger partial charge in [-0.05, 0) is 102 Å². The number of nitrogens with one attached hydrogen (secondary N) is 1. The van der Waals surface area contributed by atoms with Gasteiger partial charge in [-0.1, -0.05) is 24.3 Å². The molecule has 0 unspecified atom stereocenters. The molecule has 0 amide bonds. The van der Waals surface area contributed by atoms with Gasteiger partial charge in [-0.2, -0.15) is 26.3 Å². The number of ether oxygens (including phenoxy) is 4. The molecule has 0 radical (unpaired) electrons. The second kappa shape index (κ2) is 10.6. The Bertz CT molecular complexity index is 2320. The SMILES string of the molecule is FC(F)(F)c1ccc(Oc2cc(-c3cc4c5c(c3)Oc3ccc(C(F)(F)F)cc3N5c3ccccc3O4)cc3c2Nc2ccccc2O3)cc1. The van der Waals surface area contributed by atoms with E-state index in [9.17, 15) is 26.3 Å². The molecule has 3 aliphatic rings. The second-order valence-corrected chi connectivity index (χ2v) is 11.7. The third kappa shape index (κ3) is 4.90. The quantitative estimate of drug-likeness (QED) is 0.187. The zero-order chi connectivity index (χ0) is 34.4. The Morgan fingerprint density at radius 2 is 1.10 bits per heavy atom. The second-order valence-electron chi connectivity index (χ2n) is 11.7. The van der Waals surface area contributed by atoms with E-state index in [4.69, 9.17) is 18.9 Å². The van der Waals surface area contributed by atoms with Crippen LogP contribution in [0.25, 0.3) is 11.1 Å². The Morgan fingerprint density at radius 1 is 0.520 bits per heavy atom. The highest BCUT2D eigenvalue weighted by atomic mass is 19.4. The summed E-state index contributed by atoms with van der Waals surface area (Å²) in [7, 11) is 0. The number of anilines is 5. The summed E-state index contributed by atoms with van der Waals surface area (Å²) in [6, 6.07) is 28.8. The van der Waals surface area contributed by atoms with E-state index in [1.807, 2.05) is 18.2 Å². The van der Waals surface area contributed by atoms with Gasteiger partial charge in [0.1, 0.15) is 17.1 Å². The topological polar surface area (TPSA) is 52.2 Å². The molecule has 0 saturated carbocycles. The summed E-state index contributed by atoms with van der Waals surface area (Å²) in [6.45, 7) is 0. The maximum Gasteiger partial charge on any atom is 0.416 e. The Morgan fingerprint density at radius 3 is 1.82 bits per heavy atom. The van der Waals surface area contributed by atoms with E-state index in [0.29, 0.717) is 62.6 Å². The van der Waals surface area contributed by atoms with Crippen molar-refractivity contribution in [2.24, 2.45) is 0 Å². The van der Waals surface area contributed by atoms with Crippen LogP contribution >= 0.6 is 0 Å². The summed E-state index contributed by atoms with van der Waals surface area (Å²) in [4.78, 5) is 1.69. The lowest BCUT2D eigenvalue weighted by Crippen LogP contribution is -2.21. The average molecular weight is 683 g/mol. The molecule has 6 aromatic rings. The van der Waals surface area contributed by atoms with Gasteiger partial charge in [0.25, 0.3) is 0 Å². The molecule has 0 spiro atoms. The number of nitrogens with zero attached hydrogens (tertiary/aromatic N) is 1. The summed E-state index contributed by atoms with van der Waals surface area (Å²) in [6.07, 6.45) is -9.08. The van der Waals surface area contributed by atoms with Crippen LogP contribution in [-0.4, -0.2) is 0 Å². The first kappa shape index (κ1) is 29.8. The molecule has 0 fully saturated rings. The highest BCUT2D eigenvalue weighted by Crippen LogP contribution is 2.61. The predicted octanol–water partition coefficient (Wildman–Crippen LogP) is 12.7. The van der Waals surface area contributed by atoms with Gasteiger partial charge in [-0.15, -0.1) is 0 Å². The number of rotatable bonds is 3. The molecular weight excluding hydrogens is 662 g/mol. The fraction of sp³-hybridized carbons (Fsp3) is 0.0526. The van der Waals surface area contributed by atoms with Gasteiger partial charge in [-0.25, -0.2) is 0 Å². The molecule has 50 heavy (non-hydrogen) atoms. The molecule has 0 saturated heterocycles. The summed E-state index contributed by atoms with van der Waals surface area (Å²) in [5, 5.41) is 3.30. The average Bonchev–Trinajstić information content (AvgIpc) is 3.09. The molecule has 9 rings (SSSR count). The summed E-state index contributed by atoms with van der Waals surface area (Å²) in [5.74, 6) is 2.64. The van der Waals surface area contributed by atoms with Crippen LogP contribution in [0.3, 0.4) is 0 Å². The molecule has 6 aromatic carbocycles. The minimum absolute atomic E-state index is 0.160. The third-order valence-corrected chi connectivity index (χ3v) is 8.51. The highest BCUT2D eigenvalue weighted by molar-refractivity contribution is 5.96. The highest BCUT2D eigenvalue weighted by Gasteiger charge is 2.38. The molecule has 12 heteroatoms. The minimum atomic E-state index is -4.57. The minimum Gasteiger partial charge on any atom is -0.455 e. The number of para-hydroxylation sites is 4. The summed E-state index contributed by atoms with van der Waals surface area (Å²) in [5.41, 5.74) is 1.79. The molecule has 0 atom stereocenters. The van der Waals surface area contributed by atoms with E-state index in [1.165, 1.54) is 18.2 Å². The van der Waals surface area contributed by atoms with Crippen molar-refractivity contribution in [3.63, 3.8) is 0 Å². The van der Waals surface area contributed by atoms with Gasteiger partial charge in [-0.3, -0.25) is 4.90 Å². The number of hydrogen-bond acceptors (Lipinski definition) is 6. The largest absolute Gasteiger partial charge is 0.455 e. The Hall–Kier alpha value is -6.30. The van der Waals surface area contributed by atoms with Crippen LogP contribution < -0.4 is 29.2 Å². The fourth-order valence-corrected chi connectivity index (χ4v) is 6.21. The summed E-state index contributed by atoms with van der Waals surface area (Å²) < 4.78 is 106. The van der Waals surface area contributed by atoms with Crippen LogP contribution in [0.15, 0.2) is 115 Å². The lowest BCUT2D eigenvalue weighted by atomic mass is 9.99. The van der Waals surface area contributed by atoms with Crippen LogP contribution in [0, 0.1) is 0 Å². The van der Waals surface area contributed by atoms with Crippen molar-refractivity contribution >= 4 is 28.4 Å². The molecule has 1 N–H and O–H groups in total. The maximum absolute atomic E-state index is 13.8. The number of halogens is 6. The van der Waals surface area contributed by atoms with Crippen molar-refractivity contribution in [3.8, 4) is 57.1 Å². The Balaban J connectivity index is 1.18. The molecule has 3 aliphatic heterocycles. The first-order chi connectivity index (χ1) is 24.0. The number of hydrogen-bond donors (Lipinski definition) is 1. The normalized spacial score (nSPS) is 13.6. The fourth-order valence-electron chi connectivity index (χ4n) is 6.21. The van der Waals surface area contributed by atoms with Crippen molar-refractivity contribution < 1.29 is 45.3 Å². The van der Waals surface area contributed by atoms with Gasteiger partial charge < -0.3 is 24.3 Å². The van der Waals surface area contributed by atoms with Crippen molar-refractivity contribution in [2.45, 2.75) is 12.4 Å². The molecule has 0 bridgehead atoms. The Kier molecular flexibility index (Phi) is 6.32. The Labute approximate surface area is 279 Å².